The second-order valence-electron chi connectivity index (χ2n) is 4.41. The molecule has 0 aliphatic rings. The van der Waals surface area contributed by atoms with Gasteiger partial charge in [-0.15, -0.1) is 0 Å². The Balaban J connectivity index is 3.93. The van der Waals surface area contributed by atoms with E-state index in [2.05, 4.69) is 13.8 Å². The zero-order valence-electron chi connectivity index (χ0n) is 10.7. The van der Waals surface area contributed by atoms with Crippen molar-refractivity contribution in [2.45, 2.75) is 33.2 Å². The summed E-state index contributed by atoms with van der Waals surface area (Å²) in [5.41, 5.74) is 5.92. The summed E-state index contributed by atoms with van der Waals surface area (Å²) >= 11 is 0. The molecule has 0 aromatic carbocycles. The maximum atomic E-state index is 11.7. The van der Waals surface area contributed by atoms with Crippen molar-refractivity contribution in [3.8, 4) is 0 Å². The summed E-state index contributed by atoms with van der Waals surface area (Å²) in [5, 5.41) is 0. The third kappa shape index (κ3) is 5.02. The van der Waals surface area contributed by atoms with Crippen LogP contribution in [0, 0.1) is 5.92 Å². The van der Waals surface area contributed by atoms with E-state index in [4.69, 9.17) is 5.73 Å². The molecule has 0 heterocycles. The first kappa shape index (κ1) is 14.2. The summed E-state index contributed by atoms with van der Waals surface area (Å²) in [7, 11) is 3.63. The van der Waals surface area contributed by atoms with E-state index in [-0.39, 0.29) is 12.1 Å². The Morgan fingerprint density at radius 1 is 1.27 bits per heavy atom. The second kappa shape index (κ2) is 6.67. The molecule has 0 radical (unpaired) electrons. The highest BCUT2D eigenvalue weighted by Crippen LogP contribution is 2.04. The molecule has 1 unspecified atom stereocenters. The summed E-state index contributed by atoms with van der Waals surface area (Å²) in [6, 6.07) is 0.237. The zero-order valence-corrected chi connectivity index (χ0v) is 10.7. The lowest BCUT2D eigenvalue weighted by Gasteiger charge is -2.25. The van der Waals surface area contributed by atoms with Crippen LogP contribution in [0.25, 0.3) is 0 Å². The first-order valence-electron chi connectivity index (χ1n) is 5.61. The molecule has 2 N–H and O–H groups in total. The lowest BCUT2D eigenvalue weighted by Crippen LogP contribution is -2.41. The van der Waals surface area contributed by atoms with Gasteiger partial charge < -0.3 is 15.5 Å². The lowest BCUT2D eigenvalue weighted by molar-refractivity contribution is 0.173. The molecule has 0 saturated heterocycles. The Bertz CT molecular complexity index is 194. The largest absolute Gasteiger partial charge is 0.328 e. The van der Waals surface area contributed by atoms with Crippen molar-refractivity contribution in [2.24, 2.45) is 11.7 Å². The van der Waals surface area contributed by atoms with Crippen LogP contribution in [0.2, 0.25) is 0 Å². The molecule has 0 aromatic heterocycles. The third-order valence-corrected chi connectivity index (χ3v) is 2.78. The van der Waals surface area contributed by atoms with E-state index >= 15 is 0 Å². The third-order valence-electron chi connectivity index (χ3n) is 2.78. The topological polar surface area (TPSA) is 49.6 Å². The van der Waals surface area contributed by atoms with Gasteiger partial charge in [0.05, 0.1) is 0 Å². The van der Waals surface area contributed by atoms with Gasteiger partial charge in [-0.1, -0.05) is 13.8 Å². The fourth-order valence-electron chi connectivity index (χ4n) is 1.20. The number of rotatable bonds is 5. The standard InChI is InChI=1S/C11H25N3O/c1-6-13(4)11(15)14(5)8-7-10(12)9(2)3/h9-10H,6-8,12H2,1-5H3. The Morgan fingerprint density at radius 2 is 1.80 bits per heavy atom. The highest BCUT2D eigenvalue weighted by Gasteiger charge is 2.14. The van der Waals surface area contributed by atoms with Gasteiger partial charge in [0.2, 0.25) is 0 Å². The molecule has 90 valence electrons. The average Bonchev–Trinajstić information content (AvgIpc) is 2.22. The van der Waals surface area contributed by atoms with Crippen molar-refractivity contribution in [1.29, 1.82) is 0 Å². The number of carbonyl (C=O) groups is 1. The number of nitrogens with zero attached hydrogens (tertiary/aromatic N) is 2. The predicted octanol–water partition coefficient (Wildman–Crippen LogP) is 1.36. The monoisotopic (exact) mass is 215 g/mol. The zero-order chi connectivity index (χ0) is 12.0. The molecular formula is C11H25N3O. The number of urea groups is 1. The molecular weight excluding hydrogens is 190 g/mol. The van der Waals surface area contributed by atoms with Crippen LogP contribution in [-0.2, 0) is 0 Å². The Morgan fingerprint density at radius 3 is 2.20 bits per heavy atom. The van der Waals surface area contributed by atoms with E-state index < -0.39 is 0 Å². The first-order chi connectivity index (χ1) is 6.90. The average molecular weight is 215 g/mol. The van der Waals surface area contributed by atoms with Crippen molar-refractivity contribution in [3.63, 3.8) is 0 Å². The molecule has 0 saturated carbocycles. The van der Waals surface area contributed by atoms with Gasteiger partial charge in [-0.2, -0.15) is 0 Å². The van der Waals surface area contributed by atoms with Gasteiger partial charge in [0.25, 0.3) is 0 Å². The smallest absolute Gasteiger partial charge is 0.319 e. The molecule has 2 amide bonds. The van der Waals surface area contributed by atoms with Gasteiger partial charge >= 0.3 is 6.03 Å². The van der Waals surface area contributed by atoms with Crippen molar-refractivity contribution < 1.29 is 4.79 Å². The van der Waals surface area contributed by atoms with E-state index in [9.17, 15) is 4.79 Å². The van der Waals surface area contributed by atoms with Gasteiger partial charge in [0, 0.05) is 33.2 Å². The van der Waals surface area contributed by atoms with Crippen molar-refractivity contribution in [2.75, 3.05) is 27.2 Å². The van der Waals surface area contributed by atoms with Gasteiger partial charge in [0.1, 0.15) is 0 Å². The van der Waals surface area contributed by atoms with Crippen molar-refractivity contribution in [3.05, 3.63) is 0 Å². The molecule has 0 rings (SSSR count). The summed E-state index contributed by atoms with van der Waals surface area (Å²) < 4.78 is 0. The summed E-state index contributed by atoms with van der Waals surface area (Å²) in [4.78, 5) is 15.1. The summed E-state index contributed by atoms with van der Waals surface area (Å²) in [6.45, 7) is 7.63. The maximum Gasteiger partial charge on any atom is 0.319 e. The first-order valence-corrected chi connectivity index (χ1v) is 5.61. The SMILES string of the molecule is CCN(C)C(=O)N(C)CCC(N)C(C)C. The van der Waals surface area contributed by atoms with Crippen molar-refractivity contribution >= 4 is 6.03 Å². The fraction of sp³-hybridized carbons (Fsp3) is 0.909. The Kier molecular flexibility index (Phi) is 6.32. The summed E-state index contributed by atoms with van der Waals surface area (Å²) in [5.74, 6) is 0.470. The number of nitrogens with two attached hydrogens (primary N) is 1. The summed E-state index contributed by atoms with van der Waals surface area (Å²) in [6.07, 6.45) is 0.859. The van der Waals surface area contributed by atoms with Gasteiger partial charge in [-0.3, -0.25) is 0 Å². The highest BCUT2D eigenvalue weighted by molar-refractivity contribution is 5.73. The molecule has 0 aliphatic heterocycles. The molecule has 15 heavy (non-hydrogen) atoms. The lowest BCUT2D eigenvalue weighted by atomic mass is 10.0. The Labute approximate surface area is 93.4 Å². The normalized spacial score (nSPS) is 12.7. The number of hydrogen-bond donors (Lipinski definition) is 1. The number of amides is 2. The van der Waals surface area contributed by atoms with Gasteiger partial charge in [-0.05, 0) is 19.3 Å². The number of carbonyl (C=O) groups excluding carboxylic acids is 1. The van der Waals surface area contributed by atoms with E-state index in [1.54, 1.807) is 16.8 Å². The van der Waals surface area contributed by atoms with Crippen LogP contribution in [-0.4, -0.2) is 49.1 Å². The van der Waals surface area contributed by atoms with E-state index in [1.807, 2.05) is 14.0 Å². The van der Waals surface area contributed by atoms with Crippen LogP contribution in [0.4, 0.5) is 4.79 Å². The Hall–Kier alpha value is -0.770. The van der Waals surface area contributed by atoms with Crippen LogP contribution in [0.5, 0.6) is 0 Å². The van der Waals surface area contributed by atoms with E-state index in [0.717, 1.165) is 19.5 Å². The van der Waals surface area contributed by atoms with Crippen LogP contribution < -0.4 is 5.73 Å². The van der Waals surface area contributed by atoms with Crippen LogP contribution in [0.15, 0.2) is 0 Å². The molecule has 4 nitrogen and oxygen atoms in total. The quantitative estimate of drug-likeness (QED) is 0.753. The number of hydrogen-bond acceptors (Lipinski definition) is 2. The molecule has 1 atom stereocenters. The van der Waals surface area contributed by atoms with Crippen LogP contribution in [0.1, 0.15) is 27.2 Å². The molecule has 0 aliphatic carbocycles. The van der Waals surface area contributed by atoms with E-state index in [1.165, 1.54) is 0 Å². The predicted molar refractivity (Wildman–Crippen MR) is 63.8 cm³/mol. The molecule has 0 aromatic rings. The van der Waals surface area contributed by atoms with E-state index in [0.29, 0.717) is 5.92 Å². The van der Waals surface area contributed by atoms with Crippen molar-refractivity contribution in [1.82, 2.24) is 9.80 Å². The minimum Gasteiger partial charge on any atom is -0.328 e. The van der Waals surface area contributed by atoms with Gasteiger partial charge in [0.15, 0.2) is 0 Å². The molecule has 4 heteroatoms. The fourth-order valence-corrected chi connectivity index (χ4v) is 1.20. The second-order valence-corrected chi connectivity index (χ2v) is 4.41. The van der Waals surface area contributed by atoms with Crippen LogP contribution >= 0.6 is 0 Å². The minimum absolute atomic E-state index is 0.0634. The minimum atomic E-state index is 0.0634. The van der Waals surface area contributed by atoms with Crippen LogP contribution in [0.3, 0.4) is 0 Å². The van der Waals surface area contributed by atoms with Gasteiger partial charge in [-0.25, -0.2) is 4.79 Å². The highest BCUT2D eigenvalue weighted by atomic mass is 16.2. The maximum absolute atomic E-state index is 11.7. The molecule has 0 fully saturated rings. The molecule has 0 bridgehead atoms. The molecule has 0 spiro atoms.